The van der Waals surface area contributed by atoms with Gasteiger partial charge >= 0.3 is 0 Å². The van der Waals surface area contributed by atoms with Crippen LogP contribution in [0, 0.1) is 0 Å². The zero-order valence-corrected chi connectivity index (χ0v) is 5.86. The topological polar surface area (TPSA) is 29.5 Å². The molecule has 1 N–H and O–H groups in total. The summed E-state index contributed by atoms with van der Waals surface area (Å²) >= 11 is 10.9. The van der Waals surface area contributed by atoms with Gasteiger partial charge in [0.25, 0.3) is 0 Å². The van der Waals surface area contributed by atoms with E-state index in [-0.39, 0.29) is 5.03 Å². The zero-order valence-electron chi connectivity index (χ0n) is 4.34. The van der Waals surface area contributed by atoms with Gasteiger partial charge < -0.3 is 9.84 Å². The van der Waals surface area contributed by atoms with Crippen molar-refractivity contribution in [1.82, 2.24) is 0 Å². The van der Waals surface area contributed by atoms with Gasteiger partial charge in [0, 0.05) is 0 Å². The molecular weight excluding hydrogens is 163 g/mol. The Hall–Kier alpha value is -0.180. The number of aliphatic hydroxyl groups excluding tert-OH is 1. The largest absolute Gasteiger partial charge is 0.467 e. The molecule has 0 radical (unpaired) electrons. The van der Waals surface area contributed by atoms with Crippen LogP contribution in [0.2, 0.25) is 0 Å². The van der Waals surface area contributed by atoms with Crippen molar-refractivity contribution in [1.29, 1.82) is 0 Å². The van der Waals surface area contributed by atoms with Crippen molar-refractivity contribution in [2.24, 2.45) is 0 Å². The molecule has 0 aromatic carbocycles. The molecule has 1 atom stereocenters. The predicted octanol–water partition coefficient (Wildman–Crippen LogP) is 1.54. The molecule has 1 aliphatic heterocycles. The molecule has 0 aromatic heterocycles. The highest BCUT2D eigenvalue weighted by Gasteiger charge is 2.14. The lowest BCUT2D eigenvalue weighted by molar-refractivity contribution is -0.0174. The quantitative estimate of drug-likeness (QED) is 0.592. The molecule has 0 bridgehead atoms. The lowest BCUT2D eigenvalue weighted by atomic mass is 10.4. The van der Waals surface area contributed by atoms with E-state index < -0.39 is 6.29 Å². The molecule has 0 saturated carbocycles. The average Bonchev–Trinajstić information content (AvgIpc) is 1.83. The first-order chi connectivity index (χ1) is 4.22. The van der Waals surface area contributed by atoms with Crippen molar-refractivity contribution in [2.75, 3.05) is 0 Å². The maximum atomic E-state index is 8.80. The second-order valence-corrected chi connectivity index (χ2v) is 2.30. The van der Waals surface area contributed by atoms with Crippen molar-refractivity contribution in [3.05, 3.63) is 22.4 Å². The second kappa shape index (κ2) is 2.60. The second-order valence-electron chi connectivity index (χ2n) is 1.49. The van der Waals surface area contributed by atoms with Crippen molar-refractivity contribution in [3.8, 4) is 0 Å². The van der Waals surface area contributed by atoms with Gasteiger partial charge in [-0.05, 0) is 6.08 Å². The third-order valence-electron chi connectivity index (χ3n) is 0.867. The summed E-state index contributed by atoms with van der Waals surface area (Å²) < 4.78 is 4.56. The Morgan fingerprint density at radius 3 is 2.67 bits per heavy atom. The highest BCUT2D eigenvalue weighted by Crippen LogP contribution is 2.23. The number of ether oxygens (including phenoxy) is 1. The fraction of sp³-hybridized carbons (Fsp3) is 0.200. The number of aliphatic hydroxyl groups is 1. The lowest BCUT2D eigenvalue weighted by Crippen LogP contribution is -2.11. The Morgan fingerprint density at radius 1 is 1.56 bits per heavy atom. The van der Waals surface area contributed by atoms with Crippen LogP contribution in [0.4, 0.5) is 0 Å². The minimum Gasteiger partial charge on any atom is -0.467 e. The molecule has 0 aliphatic carbocycles. The summed E-state index contributed by atoms with van der Waals surface area (Å²) in [4.78, 5) is 0. The number of hydrogen-bond acceptors (Lipinski definition) is 2. The van der Waals surface area contributed by atoms with Crippen LogP contribution in [0.25, 0.3) is 0 Å². The highest BCUT2D eigenvalue weighted by molar-refractivity contribution is 6.40. The summed E-state index contributed by atoms with van der Waals surface area (Å²) in [5.41, 5.74) is 0. The molecule has 9 heavy (non-hydrogen) atoms. The van der Waals surface area contributed by atoms with E-state index in [0.29, 0.717) is 5.03 Å². The Morgan fingerprint density at radius 2 is 2.22 bits per heavy atom. The molecule has 0 amide bonds. The van der Waals surface area contributed by atoms with Crippen LogP contribution in [-0.4, -0.2) is 11.4 Å². The number of rotatable bonds is 0. The first-order valence-electron chi connectivity index (χ1n) is 2.27. The van der Waals surface area contributed by atoms with Crippen LogP contribution in [-0.2, 0) is 4.74 Å². The summed E-state index contributed by atoms with van der Waals surface area (Å²) in [7, 11) is 0. The smallest absolute Gasteiger partial charge is 0.235 e. The molecule has 0 saturated heterocycles. The summed E-state index contributed by atoms with van der Waals surface area (Å²) in [6.45, 7) is 0. The van der Waals surface area contributed by atoms with Crippen LogP contribution in [0.5, 0.6) is 0 Å². The SMILES string of the molecule is OC1OC=CC(Cl)=C1Cl. The molecule has 1 rings (SSSR count). The molecule has 1 heterocycles. The standard InChI is InChI=1S/C5H4Cl2O2/c6-3-1-2-9-5(8)4(3)7/h1-2,5,8H. The van der Waals surface area contributed by atoms with Crippen molar-refractivity contribution < 1.29 is 9.84 Å². The van der Waals surface area contributed by atoms with E-state index in [4.69, 9.17) is 28.3 Å². The fourth-order valence-electron chi connectivity index (χ4n) is 0.431. The van der Waals surface area contributed by atoms with Crippen LogP contribution in [0.1, 0.15) is 0 Å². The van der Waals surface area contributed by atoms with Crippen molar-refractivity contribution in [2.45, 2.75) is 6.29 Å². The van der Waals surface area contributed by atoms with E-state index in [1.165, 1.54) is 12.3 Å². The van der Waals surface area contributed by atoms with E-state index in [2.05, 4.69) is 4.74 Å². The fourth-order valence-corrected chi connectivity index (χ4v) is 0.690. The van der Waals surface area contributed by atoms with Crippen LogP contribution >= 0.6 is 23.2 Å². The van der Waals surface area contributed by atoms with E-state index in [1.807, 2.05) is 0 Å². The van der Waals surface area contributed by atoms with Gasteiger partial charge in [0.15, 0.2) is 0 Å². The third-order valence-corrected chi connectivity index (χ3v) is 1.68. The summed E-state index contributed by atoms with van der Waals surface area (Å²) in [5.74, 6) is 0. The Kier molecular flexibility index (Phi) is 2.01. The molecule has 2 nitrogen and oxygen atoms in total. The van der Waals surface area contributed by atoms with Gasteiger partial charge in [-0.2, -0.15) is 0 Å². The minimum absolute atomic E-state index is 0.124. The van der Waals surface area contributed by atoms with E-state index in [0.717, 1.165) is 0 Å². The highest BCUT2D eigenvalue weighted by atomic mass is 35.5. The third kappa shape index (κ3) is 1.39. The number of halogens is 2. The average molecular weight is 167 g/mol. The number of allylic oxidation sites excluding steroid dienone is 2. The summed E-state index contributed by atoms with van der Waals surface area (Å²) in [5, 5.41) is 9.24. The van der Waals surface area contributed by atoms with Gasteiger partial charge in [-0.1, -0.05) is 23.2 Å². The van der Waals surface area contributed by atoms with Gasteiger partial charge in [-0.25, -0.2) is 0 Å². The molecule has 0 fully saturated rings. The van der Waals surface area contributed by atoms with Crippen molar-refractivity contribution in [3.63, 3.8) is 0 Å². The minimum atomic E-state index is -1.09. The van der Waals surface area contributed by atoms with Crippen molar-refractivity contribution >= 4 is 23.2 Å². The van der Waals surface area contributed by atoms with Gasteiger partial charge in [-0.3, -0.25) is 0 Å². The molecule has 0 aromatic rings. The maximum absolute atomic E-state index is 8.80. The molecule has 1 aliphatic rings. The van der Waals surface area contributed by atoms with Gasteiger partial charge in [-0.15, -0.1) is 0 Å². The van der Waals surface area contributed by atoms with Crippen LogP contribution in [0.15, 0.2) is 22.4 Å². The molecule has 4 heteroatoms. The first-order valence-corrected chi connectivity index (χ1v) is 3.02. The zero-order chi connectivity index (χ0) is 6.85. The van der Waals surface area contributed by atoms with Crippen LogP contribution in [0.3, 0.4) is 0 Å². The number of hydrogen-bond donors (Lipinski definition) is 1. The van der Waals surface area contributed by atoms with Crippen LogP contribution < -0.4 is 0 Å². The monoisotopic (exact) mass is 166 g/mol. The van der Waals surface area contributed by atoms with E-state index in [9.17, 15) is 0 Å². The maximum Gasteiger partial charge on any atom is 0.235 e. The Labute approximate surface area is 62.3 Å². The Bertz CT molecular complexity index is 174. The van der Waals surface area contributed by atoms with Gasteiger partial charge in [0.05, 0.1) is 11.3 Å². The summed E-state index contributed by atoms with van der Waals surface area (Å²) in [6.07, 6.45) is 1.67. The predicted molar refractivity (Wildman–Crippen MR) is 35.0 cm³/mol. The van der Waals surface area contributed by atoms with E-state index in [1.54, 1.807) is 0 Å². The molecule has 1 unspecified atom stereocenters. The Balaban J connectivity index is 2.83. The lowest BCUT2D eigenvalue weighted by Gasteiger charge is -2.12. The van der Waals surface area contributed by atoms with Gasteiger partial charge in [0.1, 0.15) is 5.03 Å². The molecular formula is C5H4Cl2O2. The van der Waals surface area contributed by atoms with E-state index >= 15 is 0 Å². The molecule has 0 spiro atoms. The molecule has 50 valence electrons. The first kappa shape index (κ1) is 6.93. The van der Waals surface area contributed by atoms with Gasteiger partial charge in [0.2, 0.25) is 6.29 Å². The summed E-state index contributed by atoms with van der Waals surface area (Å²) in [6, 6.07) is 0. The normalized spacial score (nSPS) is 26.3.